The van der Waals surface area contributed by atoms with Crippen LogP contribution in [0.3, 0.4) is 0 Å². The van der Waals surface area contributed by atoms with E-state index in [0.717, 1.165) is 12.8 Å². The number of carbonyl (C=O) groups excluding carboxylic acids is 1. The van der Waals surface area contributed by atoms with Crippen molar-refractivity contribution >= 4 is 15.9 Å². The predicted molar refractivity (Wildman–Crippen MR) is 96.8 cm³/mol. The quantitative estimate of drug-likeness (QED) is 0.743. The minimum absolute atomic E-state index is 0.0694. The number of hydrogen-bond acceptors (Lipinski definition) is 3. The van der Waals surface area contributed by atoms with E-state index in [-0.39, 0.29) is 28.7 Å². The highest BCUT2D eigenvalue weighted by Gasteiger charge is 2.24. The molecule has 0 bridgehead atoms. The molecular weight excluding hydrogens is 355 g/mol. The predicted octanol–water partition coefficient (Wildman–Crippen LogP) is 2.49. The minimum Gasteiger partial charge on any atom is -0.352 e. The van der Waals surface area contributed by atoms with Crippen LogP contribution in [0.25, 0.3) is 0 Å². The summed E-state index contributed by atoms with van der Waals surface area (Å²) in [5.41, 5.74) is 0.779. The summed E-state index contributed by atoms with van der Waals surface area (Å²) in [4.78, 5) is 12.3. The van der Waals surface area contributed by atoms with Gasteiger partial charge in [-0.2, -0.15) is 0 Å². The van der Waals surface area contributed by atoms with Gasteiger partial charge in [0, 0.05) is 18.7 Å². The van der Waals surface area contributed by atoms with E-state index in [4.69, 9.17) is 0 Å². The molecule has 3 rings (SSSR count). The summed E-state index contributed by atoms with van der Waals surface area (Å²) in [5.74, 6) is -0.271. The van der Waals surface area contributed by atoms with Crippen LogP contribution in [0.2, 0.25) is 0 Å². The van der Waals surface area contributed by atoms with Crippen molar-refractivity contribution in [2.75, 3.05) is 13.1 Å². The first kappa shape index (κ1) is 18.5. The van der Waals surface area contributed by atoms with Gasteiger partial charge in [-0.15, -0.1) is 0 Å². The topological polar surface area (TPSA) is 75.3 Å². The maximum Gasteiger partial charge on any atom is 0.251 e. The molecule has 0 aliphatic heterocycles. The average molecular weight is 376 g/mol. The van der Waals surface area contributed by atoms with E-state index in [1.165, 1.54) is 24.3 Å². The van der Waals surface area contributed by atoms with Gasteiger partial charge in [0.25, 0.3) is 5.91 Å². The van der Waals surface area contributed by atoms with E-state index in [1.807, 2.05) is 0 Å². The highest BCUT2D eigenvalue weighted by Crippen LogP contribution is 2.28. The second-order valence-electron chi connectivity index (χ2n) is 6.42. The van der Waals surface area contributed by atoms with Gasteiger partial charge in [-0.1, -0.05) is 24.3 Å². The third-order valence-electron chi connectivity index (χ3n) is 4.30. The Morgan fingerprint density at radius 3 is 2.62 bits per heavy atom. The van der Waals surface area contributed by atoms with Crippen molar-refractivity contribution in [3.8, 4) is 0 Å². The summed E-state index contributed by atoms with van der Waals surface area (Å²) in [7, 11) is -3.62. The Labute approximate surface area is 152 Å². The van der Waals surface area contributed by atoms with Crippen molar-refractivity contribution in [3.05, 3.63) is 65.5 Å². The van der Waals surface area contributed by atoms with Gasteiger partial charge in [-0.05, 0) is 55.0 Å². The van der Waals surface area contributed by atoms with Crippen molar-refractivity contribution in [2.24, 2.45) is 5.92 Å². The van der Waals surface area contributed by atoms with Crippen LogP contribution < -0.4 is 10.0 Å². The molecule has 0 spiro atoms. The van der Waals surface area contributed by atoms with Crippen LogP contribution in [-0.2, 0) is 16.4 Å². The Bertz CT molecular complexity index is 895. The second-order valence-corrected chi connectivity index (χ2v) is 8.19. The molecule has 1 saturated carbocycles. The van der Waals surface area contributed by atoms with E-state index in [9.17, 15) is 17.6 Å². The maximum absolute atomic E-state index is 13.6. The zero-order valence-corrected chi connectivity index (χ0v) is 15.1. The first-order valence-corrected chi connectivity index (χ1v) is 10.1. The van der Waals surface area contributed by atoms with Crippen LogP contribution >= 0.6 is 0 Å². The van der Waals surface area contributed by atoms with Crippen LogP contribution in [-0.4, -0.2) is 27.4 Å². The molecule has 0 aromatic heterocycles. The van der Waals surface area contributed by atoms with Gasteiger partial charge in [0.05, 0.1) is 4.90 Å². The molecule has 1 aliphatic carbocycles. The molecule has 138 valence electrons. The summed E-state index contributed by atoms with van der Waals surface area (Å²) in [6.45, 7) is 0.693. The van der Waals surface area contributed by atoms with E-state index in [1.54, 1.807) is 24.3 Å². The molecule has 2 N–H and O–H groups in total. The smallest absolute Gasteiger partial charge is 0.251 e. The van der Waals surface area contributed by atoms with Crippen LogP contribution in [0.4, 0.5) is 4.39 Å². The standard InChI is InChI=1S/C19H21FN2O3S/c20-18-7-2-1-4-15(18)10-11-21-19(23)16-5-3-6-17(12-16)26(24,25)22-13-14-8-9-14/h1-7,12,14,22H,8-11,13H2,(H,21,23). The lowest BCUT2D eigenvalue weighted by Crippen LogP contribution is -2.28. The van der Waals surface area contributed by atoms with Crippen molar-refractivity contribution < 1.29 is 17.6 Å². The summed E-state index contributed by atoms with van der Waals surface area (Å²) >= 11 is 0. The number of hydrogen-bond donors (Lipinski definition) is 2. The SMILES string of the molecule is O=C(NCCc1ccccc1F)c1cccc(S(=O)(=O)NCC2CC2)c1. The molecule has 2 aromatic rings. The van der Waals surface area contributed by atoms with Crippen molar-refractivity contribution in [3.63, 3.8) is 0 Å². The van der Waals surface area contributed by atoms with Crippen LogP contribution in [0.1, 0.15) is 28.8 Å². The Morgan fingerprint density at radius 1 is 1.12 bits per heavy atom. The van der Waals surface area contributed by atoms with Gasteiger partial charge in [0.1, 0.15) is 5.82 Å². The zero-order valence-electron chi connectivity index (χ0n) is 14.2. The summed E-state index contributed by atoms with van der Waals surface area (Å²) in [5, 5.41) is 2.69. The monoisotopic (exact) mass is 376 g/mol. The Balaban J connectivity index is 1.59. The number of carbonyl (C=O) groups is 1. The van der Waals surface area contributed by atoms with E-state index in [0.29, 0.717) is 24.4 Å². The number of amides is 1. The molecule has 2 aromatic carbocycles. The van der Waals surface area contributed by atoms with E-state index < -0.39 is 10.0 Å². The highest BCUT2D eigenvalue weighted by atomic mass is 32.2. The number of benzene rings is 2. The van der Waals surface area contributed by atoms with Crippen LogP contribution in [0, 0.1) is 11.7 Å². The molecule has 0 atom stereocenters. The van der Waals surface area contributed by atoms with Gasteiger partial charge in [0.2, 0.25) is 10.0 Å². The first-order valence-electron chi connectivity index (χ1n) is 8.57. The molecule has 1 fully saturated rings. The van der Waals surface area contributed by atoms with Crippen LogP contribution in [0.5, 0.6) is 0 Å². The molecule has 0 saturated heterocycles. The fourth-order valence-corrected chi connectivity index (χ4v) is 3.71. The lowest BCUT2D eigenvalue weighted by molar-refractivity contribution is 0.0954. The zero-order chi connectivity index (χ0) is 18.6. The largest absolute Gasteiger partial charge is 0.352 e. The molecule has 0 radical (unpaired) electrons. The molecule has 1 aliphatic rings. The summed E-state index contributed by atoms with van der Waals surface area (Å²) in [6, 6.07) is 12.3. The third-order valence-corrected chi connectivity index (χ3v) is 5.72. The summed E-state index contributed by atoms with van der Waals surface area (Å²) < 4.78 is 40.7. The second kappa shape index (κ2) is 7.97. The Morgan fingerprint density at radius 2 is 1.88 bits per heavy atom. The van der Waals surface area contributed by atoms with Gasteiger partial charge >= 0.3 is 0 Å². The Hall–Kier alpha value is -2.25. The van der Waals surface area contributed by atoms with Gasteiger partial charge in [-0.25, -0.2) is 17.5 Å². The van der Waals surface area contributed by atoms with Crippen LogP contribution in [0.15, 0.2) is 53.4 Å². The number of rotatable bonds is 8. The fraction of sp³-hybridized carbons (Fsp3) is 0.316. The van der Waals surface area contributed by atoms with Crippen molar-refractivity contribution in [1.82, 2.24) is 10.0 Å². The lowest BCUT2D eigenvalue weighted by atomic mass is 10.1. The van der Waals surface area contributed by atoms with Gasteiger partial charge in [0.15, 0.2) is 0 Å². The highest BCUT2D eigenvalue weighted by molar-refractivity contribution is 7.89. The molecular formula is C19H21FN2O3S. The van der Waals surface area contributed by atoms with Crippen molar-refractivity contribution in [2.45, 2.75) is 24.2 Å². The molecule has 0 heterocycles. The van der Waals surface area contributed by atoms with Gasteiger partial charge < -0.3 is 5.32 Å². The number of halogens is 1. The molecule has 1 amide bonds. The molecule has 26 heavy (non-hydrogen) atoms. The molecule has 7 heteroatoms. The molecule has 5 nitrogen and oxygen atoms in total. The molecule has 0 unspecified atom stereocenters. The van der Waals surface area contributed by atoms with Crippen molar-refractivity contribution in [1.29, 1.82) is 0 Å². The fourth-order valence-electron chi connectivity index (χ4n) is 2.55. The third kappa shape index (κ3) is 4.89. The number of sulfonamides is 1. The first-order chi connectivity index (χ1) is 12.5. The maximum atomic E-state index is 13.6. The average Bonchev–Trinajstić information content (AvgIpc) is 3.46. The lowest BCUT2D eigenvalue weighted by Gasteiger charge is -2.09. The normalized spacial score (nSPS) is 14.2. The summed E-state index contributed by atoms with van der Waals surface area (Å²) in [6.07, 6.45) is 2.46. The number of nitrogens with one attached hydrogen (secondary N) is 2. The Kier molecular flexibility index (Phi) is 5.68. The van der Waals surface area contributed by atoms with E-state index in [2.05, 4.69) is 10.0 Å². The minimum atomic E-state index is -3.62. The van der Waals surface area contributed by atoms with Gasteiger partial charge in [-0.3, -0.25) is 4.79 Å². The van der Waals surface area contributed by atoms with E-state index >= 15 is 0 Å².